The first kappa shape index (κ1) is 18.2. The highest BCUT2D eigenvalue weighted by molar-refractivity contribution is 7.98. The van der Waals surface area contributed by atoms with E-state index in [2.05, 4.69) is 20.3 Å². The van der Waals surface area contributed by atoms with E-state index in [1.54, 1.807) is 12.4 Å². The van der Waals surface area contributed by atoms with Gasteiger partial charge in [-0.2, -0.15) is 0 Å². The summed E-state index contributed by atoms with van der Waals surface area (Å²) in [5.74, 6) is -4.27. The molecule has 0 fully saturated rings. The lowest BCUT2D eigenvalue weighted by molar-refractivity contribution is 0.0137. The van der Waals surface area contributed by atoms with Gasteiger partial charge in [-0.1, -0.05) is 5.21 Å². The van der Waals surface area contributed by atoms with E-state index in [9.17, 15) is 13.2 Å². The number of rotatable bonds is 6. The molecule has 0 radical (unpaired) electrons. The van der Waals surface area contributed by atoms with Crippen molar-refractivity contribution in [1.82, 2.24) is 25.0 Å². The molecule has 0 saturated heterocycles. The molecule has 6 nitrogen and oxygen atoms in total. The summed E-state index contributed by atoms with van der Waals surface area (Å²) >= 11 is 1.51. The van der Waals surface area contributed by atoms with Crippen LogP contribution in [0.15, 0.2) is 41.7 Å². The zero-order chi connectivity index (χ0) is 18.7. The van der Waals surface area contributed by atoms with Crippen molar-refractivity contribution in [1.29, 1.82) is 0 Å². The van der Waals surface area contributed by atoms with Gasteiger partial charge < -0.3 is 4.74 Å². The Morgan fingerprint density at radius 2 is 1.96 bits per heavy atom. The third-order valence-corrected chi connectivity index (χ3v) is 4.10. The molecule has 0 aliphatic rings. The van der Waals surface area contributed by atoms with E-state index in [1.807, 2.05) is 6.26 Å². The molecule has 0 N–H and O–H groups in total. The minimum absolute atomic E-state index is 0.0522. The molecule has 0 saturated carbocycles. The van der Waals surface area contributed by atoms with E-state index in [0.29, 0.717) is 12.6 Å². The molecule has 0 atom stereocenters. The molecule has 0 bridgehead atoms. The number of halogens is 3. The number of ether oxygens (including phenoxy) is 1. The van der Waals surface area contributed by atoms with Gasteiger partial charge in [0.25, 0.3) is 5.92 Å². The van der Waals surface area contributed by atoms with Gasteiger partial charge in [0.15, 0.2) is 0 Å². The van der Waals surface area contributed by atoms with Crippen LogP contribution >= 0.6 is 11.8 Å². The fraction of sp³-hybridized carbons (Fsp3) is 0.250. The maximum atomic E-state index is 13.6. The van der Waals surface area contributed by atoms with Gasteiger partial charge >= 0.3 is 6.01 Å². The number of thioether (sulfide) groups is 1. The Bertz CT molecular complexity index is 896. The molecule has 136 valence electrons. The second-order valence-electron chi connectivity index (χ2n) is 5.40. The molecule has 0 aliphatic carbocycles. The predicted octanol–water partition coefficient (Wildman–Crippen LogP) is 3.61. The van der Waals surface area contributed by atoms with Crippen LogP contribution in [0.5, 0.6) is 6.01 Å². The summed E-state index contributed by atoms with van der Waals surface area (Å²) in [7, 11) is 0. The quantitative estimate of drug-likeness (QED) is 0.608. The maximum absolute atomic E-state index is 13.6. The minimum atomic E-state index is -3.30. The molecule has 26 heavy (non-hydrogen) atoms. The Morgan fingerprint density at radius 1 is 1.23 bits per heavy atom. The van der Waals surface area contributed by atoms with Gasteiger partial charge in [-0.05, 0) is 24.5 Å². The number of hydrogen-bond acceptors (Lipinski definition) is 6. The Morgan fingerprint density at radius 3 is 2.62 bits per heavy atom. The minimum Gasteiger partial charge on any atom is -0.457 e. The Labute approximate surface area is 151 Å². The van der Waals surface area contributed by atoms with Crippen molar-refractivity contribution in [3.8, 4) is 11.7 Å². The largest absolute Gasteiger partial charge is 0.457 e. The highest BCUT2D eigenvalue weighted by atomic mass is 32.2. The van der Waals surface area contributed by atoms with Crippen LogP contribution < -0.4 is 4.74 Å². The van der Waals surface area contributed by atoms with E-state index in [4.69, 9.17) is 4.74 Å². The van der Waals surface area contributed by atoms with Gasteiger partial charge in [0.05, 0.1) is 17.4 Å². The van der Waals surface area contributed by atoms with Crippen LogP contribution in [0.4, 0.5) is 13.2 Å². The summed E-state index contributed by atoms with van der Waals surface area (Å²) < 4.78 is 47.2. The molecule has 10 heteroatoms. The molecular weight excluding hydrogens is 367 g/mol. The van der Waals surface area contributed by atoms with E-state index < -0.39 is 17.3 Å². The topological polar surface area (TPSA) is 65.7 Å². The van der Waals surface area contributed by atoms with Gasteiger partial charge in [0.2, 0.25) is 0 Å². The first-order valence-electron chi connectivity index (χ1n) is 7.45. The van der Waals surface area contributed by atoms with Crippen molar-refractivity contribution in [3.05, 3.63) is 53.9 Å². The Kier molecular flexibility index (Phi) is 5.12. The number of aromatic nitrogens is 5. The third kappa shape index (κ3) is 4.13. The summed E-state index contributed by atoms with van der Waals surface area (Å²) in [5.41, 5.74) is 0.00417. The summed E-state index contributed by atoms with van der Waals surface area (Å²) in [6.45, 7) is 0.689. The standard InChI is InChI=1S/C16H14F3N5OS/c1-16(18,19)13-5-11(3-4-14(13)17)24-8-10(22-23-24)9-25-15-20-6-12(26-2)7-21-15/h3-8H,9H2,1-2H3. The number of hydrogen-bond donors (Lipinski definition) is 0. The smallest absolute Gasteiger partial charge is 0.316 e. The molecule has 2 aromatic heterocycles. The number of benzene rings is 1. The lowest BCUT2D eigenvalue weighted by Crippen LogP contribution is -2.11. The normalized spacial score (nSPS) is 11.6. The van der Waals surface area contributed by atoms with E-state index >= 15 is 0 Å². The van der Waals surface area contributed by atoms with Gasteiger partial charge in [-0.15, -0.1) is 16.9 Å². The second kappa shape index (κ2) is 7.32. The highest BCUT2D eigenvalue weighted by Gasteiger charge is 2.28. The fourth-order valence-electron chi connectivity index (χ4n) is 2.11. The van der Waals surface area contributed by atoms with Crippen LogP contribution in [0.3, 0.4) is 0 Å². The lowest BCUT2D eigenvalue weighted by Gasteiger charge is -2.12. The van der Waals surface area contributed by atoms with Crippen LogP contribution in [0.2, 0.25) is 0 Å². The number of nitrogens with zero attached hydrogens (tertiary/aromatic N) is 5. The van der Waals surface area contributed by atoms with Crippen molar-refractivity contribution in [2.75, 3.05) is 6.26 Å². The molecule has 3 aromatic rings. The molecule has 0 unspecified atom stereocenters. The molecule has 2 heterocycles. The summed E-state index contributed by atoms with van der Waals surface area (Å²) in [5, 5.41) is 7.76. The van der Waals surface area contributed by atoms with Crippen LogP contribution in [0.1, 0.15) is 18.2 Å². The SMILES string of the molecule is CSc1cnc(OCc2cn(-c3ccc(F)c(C(C)(F)F)c3)nn2)nc1. The molecule has 0 amide bonds. The molecular formula is C16H14F3N5OS. The third-order valence-electron chi connectivity index (χ3n) is 3.42. The zero-order valence-electron chi connectivity index (χ0n) is 13.9. The van der Waals surface area contributed by atoms with Crippen molar-refractivity contribution >= 4 is 11.8 Å². The number of alkyl halides is 2. The van der Waals surface area contributed by atoms with Crippen molar-refractivity contribution in [3.63, 3.8) is 0 Å². The van der Waals surface area contributed by atoms with Crippen LogP contribution in [0, 0.1) is 5.82 Å². The van der Waals surface area contributed by atoms with E-state index in [0.717, 1.165) is 17.0 Å². The predicted molar refractivity (Wildman–Crippen MR) is 89.0 cm³/mol. The first-order valence-corrected chi connectivity index (χ1v) is 8.67. The maximum Gasteiger partial charge on any atom is 0.316 e. The van der Waals surface area contributed by atoms with Crippen LogP contribution in [-0.4, -0.2) is 31.2 Å². The molecule has 0 spiro atoms. The average Bonchev–Trinajstić information content (AvgIpc) is 3.09. The Hall–Kier alpha value is -2.62. The highest BCUT2D eigenvalue weighted by Crippen LogP contribution is 2.30. The summed E-state index contributed by atoms with van der Waals surface area (Å²) in [4.78, 5) is 8.99. The fourth-order valence-corrected chi connectivity index (χ4v) is 2.42. The zero-order valence-corrected chi connectivity index (χ0v) is 14.7. The molecule has 3 rings (SSSR count). The molecule has 1 aromatic carbocycles. The lowest BCUT2D eigenvalue weighted by atomic mass is 10.1. The van der Waals surface area contributed by atoms with E-state index in [-0.39, 0.29) is 18.3 Å². The van der Waals surface area contributed by atoms with Crippen LogP contribution in [0.25, 0.3) is 5.69 Å². The van der Waals surface area contributed by atoms with Crippen molar-refractivity contribution in [2.45, 2.75) is 24.3 Å². The molecule has 0 aliphatic heterocycles. The summed E-state index contributed by atoms with van der Waals surface area (Å²) in [6, 6.07) is 3.54. The van der Waals surface area contributed by atoms with Gasteiger partial charge in [-0.3, -0.25) is 0 Å². The monoisotopic (exact) mass is 381 g/mol. The van der Waals surface area contributed by atoms with E-state index in [1.165, 1.54) is 28.7 Å². The first-order chi connectivity index (χ1) is 12.4. The summed E-state index contributed by atoms with van der Waals surface area (Å²) in [6.07, 6.45) is 6.68. The van der Waals surface area contributed by atoms with Gasteiger partial charge in [0, 0.05) is 24.2 Å². The second-order valence-corrected chi connectivity index (χ2v) is 6.28. The van der Waals surface area contributed by atoms with Crippen LogP contribution in [-0.2, 0) is 12.5 Å². The Balaban J connectivity index is 1.73. The van der Waals surface area contributed by atoms with Crippen molar-refractivity contribution in [2.24, 2.45) is 0 Å². The van der Waals surface area contributed by atoms with Crippen molar-refractivity contribution < 1.29 is 17.9 Å². The average molecular weight is 381 g/mol. The van der Waals surface area contributed by atoms with Gasteiger partial charge in [0.1, 0.15) is 18.1 Å². The van der Waals surface area contributed by atoms with Gasteiger partial charge in [-0.25, -0.2) is 27.8 Å².